The van der Waals surface area contributed by atoms with Gasteiger partial charge in [-0.3, -0.25) is 4.31 Å². The molecule has 3 aromatic carbocycles. The molecule has 0 aliphatic carbocycles. The number of aromatic nitrogens is 2. The van der Waals surface area contributed by atoms with Crippen molar-refractivity contribution in [2.45, 2.75) is 11.4 Å². The van der Waals surface area contributed by atoms with Crippen molar-refractivity contribution in [3.05, 3.63) is 103 Å². The van der Waals surface area contributed by atoms with Crippen LogP contribution in [0.4, 0.5) is 30.6 Å². The Labute approximate surface area is 224 Å². The molecule has 0 bridgehead atoms. The second-order valence-corrected chi connectivity index (χ2v) is 10.8. The lowest BCUT2D eigenvalue weighted by molar-refractivity contribution is 0.208. The number of halogens is 2. The van der Waals surface area contributed by atoms with Gasteiger partial charge < -0.3 is 20.1 Å². The number of aromatic amines is 1. The van der Waals surface area contributed by atoms with Crippen LogP contribution in [0, 0.1) is 11.6 Å². The van der Waals surface area contributed by atoms with Crippen molar-refractivity contribution in [3.8, 4) is 0 Å². The van der Waals surface area contributed by atoms with Crippen molar-refractivity contribution in [2.75, 3.05) is 40.7 Å². The molecule has 4 aromatic rings. The van der Waals surface area contributed by atoms with Gasteiger partial charge in [0.2, 0.25) is 0 Å². The van der Waals surface area contributed by atoms with Gasteiger partial charge in [-0.15, -0.1) is 0 Å². The number of sulfonamides is 1. The molecule has 39 heavy (non-hydrogen) atoms. The molecule has 202 valence electrons. The van der Waals surface area contributed by atoms with Crippen LogP contribution < -0.4 is 14.5 Å². The molecule has 2 heterocycles. The van der Waals surface area contributed by atoms with E-state index < -0.39 is 33.4 Å². The maximum absolute atomic E-state index is 13.9. The molecule has 1 saturated heterocycles. The lowest BCUT2D eigenvalue weighted by Gasteiger charge is -2.36. The van der Waals surface area contributed by atoms with Crippen molar-refractivity contribution < 1.29 is 22.0 Å². The third-order valence-electron chi connectivity index (χ3n) is 6.46. The molecular formula is C27H26F2N6O3S. The van der Waals surface area contributed by atoms with E-state index in [4.69, 9.17) is 0 Å². The van der Waals surface area contributed by atoms with E-state index in [9.17, 15) is 22.0 Å². The van der Waals surface area contributed by atoms with Crippen molar-refractivity contribution >= 4 is 33.1 Å². The first kappa shape index (κ1) is 26.2. The maximum atomic E-state index is 13.9. The number of para-hydroxylation sites is 1. The first-order chi connectivity index (χ1) is 18.8. The molecule has 9 nitrogen and oxygen atoms in total. The number of carbonyl (C=O) groups is 1. The number of carbonyl (C=O) groups excluding carboxylic acids is 1. The molecule has 1 aromatic heterocycles. The number of imidazole rings is 1. The molecule has 0 unspecified atom stereocenters. The van der Waals surface area contributed by atoms with Crippen LogP contribution in [0.1, 0.15) is 5.69 Å². The average Bonchev–Trinajstić information content (AvgIpc) is 3.48. The van der Waals surface area contributed by atoms with E-state index in [1.165, 1.54) is 21.6 Å². The summed E-state index contributed by atoms with van der Waals surface area (Å²) in [6.45, 7) is 1.75. The molecule has 1 fully saturated rings. The van der Waals surface area contributed by atoms with Gasteiger partial charge in [0.25, 0.3) is 10.0 Å². The first-order valence-corrected chi connectivity index (χ1v) is 13.7. The number of hydrogen-bond donors (Lipinski definition) is 2. The maximum Gasteiger partial charge on any atom is 0.322 e. The van der Waals surface area contributed by atoms with Gasteiger partial charge in [-0.25, -0.2) is 27.0 Å². The first-order valence-electron chi connectivity index (χ1n) is 12.2. The Bertz CT molecular complexity index is 1510. The van der Waals surface area contributed by atoms with Crippen LogP contribution in [-0.2, 0) is 16.6 Å². The third kappa shape index (κ3) is 5.70. The molecule has 12 heteroatoms. The molecule has 2 amide bonds. The van der Waals surface area contributed by atoms with E-state index in [-0.39, 0.29) is 11.4 Å². The highest BCUT2D eigenvalue weighted by Gasteiger charge is 2.27. The Morgan fingerprint density at radius 3 is 2.21 bits per heavy atom. The molecule has 0 atom stereocenters. The Morgan fingerprint density at radius 2 is 1.59 bits per heavy atom. The topological polar surface area (TPSA) is 102 Å². The van der Waals surface area contributed by atoms with E-state index in [1.54, 1.807) is 48.7 Å². The van der Waals surface area contributed by atoms with Crippen LogP contribution >= 0.6 is 0 Å². The summed E-state index contributed by atoms with van der Waals surface area (Å²) in [7, 11) is -3.85. The minimum atomic E-state index is -3.85. The molecule has 5 rings (SSSR count). The van der Waals surface area contributed by atoms with Crippen molar-refractivity contribution in [1.29, 1.82) is 0 Å². The van der Waals surface area contributed by atoms with E-state index in [0.29, 0.717) is 37.6 Å². The zero-order valence-electron chi connectivity index (χ0n) is 20.8. The molecule has 1 aliphatic rings. The number of hydrogen-bond acceptors (Lipinski definition) is 5. The van der Waals surface area contributed by atoms with Crippen LogP contribution in [-0.4, -0.2) is 55.5 Å². The van der Waals surface area contributed by atoms with Gasteiger partial charge in [0.15, 0.2) is 0 Å². The summed E-state index contributed by atoms with van der Waals surface area (Å²) in [6, 6.07) is 18.2. The van der Waals surface area contributed by atoms with Crippen LogP contribution in [0.5, 0.6) is 0 Å². The summed E-state index contributed by atoms with van der Waals surface area (Å²) in [6.07, 6.45) is 3.08. The van der Waals surface area contributed by atoms with Gasteiger partial charge >= 0.3 is 6.03 Å². The predicted octanol–water partition coefficient (Wildman–Crippen LogP) is 4.44. The number of H-pyrrole nitrogens is 1. The monoisotopic (exact) mass is 552 g/mol. The van der Waals surface area contributed by atoms with Gasteiger partial charge in [0.1, 0.15) is 17.3 Å². The lowest BCUT2D eigenvalue weighted by Crippen LogP contribution is -2.50. The van der Waals surface area contributed by atoms with Crippen molar-refractivity contribution in [2.24, 2.45) is 0 Å². The van der Waals surface area contributed by atoms with Gasteiger partial charge in [-0.05, 0) is 48.5 Å². The smallest absolute Gasteiger partial charge is 0.322 e. The van der Waals surface area contributed by atoms with Gasteiger partial charge in [-0.2, -0.15) is 0 Å². The summed E-state index contributed by atoms with van der Waals surface area (Å²) >= 11 is 0. The van der Waals surface area contributed by atoms with E-state index >= 15 is 0 Å². The Kier molecular flexibility index (Phi) is 7.46. The lowest BCUT2D eigenvalue weighted by atomic mass is 10.2. The molecule has 0 saturated carbocycles. The number of anilines is 3. The molecule has 2 N–H and O–H groups in total. The van der Waals surface area contributed by atoms with E-state index in [0.717, 1.165) is 17.8 Å². The number of nitrogens with one attached hydrogen (secondary N) is 2. The van der Waals surface area contributed by atoms with Gasteiger partial charge in [-0.1, -0.05) is 24.3 Å². The largest absolute Gasteiger partial charge is 0.368 e. The summed E-state index contributed by atoms with van der Waals surface area (Å²) in [4.78, 5) is 23.3. The molecular weight excluding hydrogens is 526 g/mol. The minimum Gasteiger partial charge on any atom is -0.368 e. The van der Waals surface area contributed by atoms with Crippen LogP contribution in [0.3, 0.4) is 0 Å². The summed E-state index contributed by atoms with van der Waals surface area (Å²) < 4.78 is 56.1. The highest BCUT2D eigenvalue weighted by molar-refractivity contribution is 7.92. The normalized spacial score (nSPS) is 13.8. The number of nitrogens with zero attached hydrogens (tertiary/aromatic N) is 4. The van der Waals surface area contributed by atoms with Gasteiger partial charge in [0.05, 0.1) is 29.1 Å². The van der Waals surface area contributed by atoms with E-state index in [2.05, 4.69) is 20.2 Å². The Hall–Kier alpha value is -4.45. The average molecular weight is 553 g/mol. The number of benzene rings is 3. The number of rotatable bonds is 7. The SMILES string of the molecule is O=C(Nc1c(F)cccc1F)N1CCN(c2ccc(N(Cc3cnc[nH]3)S(=O)(=O)c3ccccc3)cc2)CC1. The van der Waals surface area contributed by atoms with Crippen molar-refractivity contribution in [3.63, 3.8) is 0 Å². The fourth-order valence-corrected chi connectivity index (χ4v) is 5.83. The highest BCUT2D eigenvalue weighted by Crippen LogP contribution is 2.28. The molecule has 0 spiro atoms. The Morgan fingerprint density at radius 1 is 0.923 bits per heavy atom. The number of piperazine rings is 1. The van der Waals surface area contributed by atoms with E-state index in [1.807, 2.05) is 12.1 Å². The summed E-state index contributed by atoms with van der Waals surface area (Å²) in [5.74, 6) is -1.67. The summed E-state index contributed by atoms with van der Waals surface area (Å²) in [5, 5.41) is 2.32. The second kappa shape index (κ2) is 11.1. The quantitative estimate of drug-likeness (QED) is 0.353. The minimum absolute atomic E-state index is 0.0764. The number of urea groups is 1. The van der Waals surface area contributed by atoms with Crippen LogP contribution in [0.15, 0.2) is 90.2 Å². The van der Waals surface area contributed by atoms with Gasteiger partial charge in [0, 0.05) is 38.1 Å². The predicted molar refractivity (Wildman–Crippen MR) is 144 cm³/mol. The third-order valence-corrected chi connectivity index (χ3v) is 8.25. The standard InChI is InChI=1S/C27H26F2N6O3S/c28-24-7-4-8-25(29)26(24)32-27(36)34-15-13-33(14-16-34)21-9-11-22(12-10-21)35(18-20-17-30-19-31-20)39(37,38)23-5-2-1-3-6-23/h1-12,17,19H,13-16,18H2,(H,30,31)(H,32,36). The second-order valence-electron chi connectivity index (χ2n) is 8.92. The molecule has 1 aliphatic heterocycles. The summed E-state index contributed by atoms with van der Waals surface area (Å²) in [5.41, 5.74) is 1.52. The fraction of sp³-hybridized carbons (Fsp3) is 0.185. The van der Waals surface area contributed by atoms with Crippen LogP contribution in [0.2, 0.25) is 0 Å². The highest BCUT2D eigenvalue weighted by atomic mass is 32.2. The fourth-order valence-electron chi connectivity index (χ4n) is 4.36. The molecule has 0 radical (unpaired) electrons. The number of amides is 2. The van der Waals surface area contributed by atoms with Crippen LogP contribution in [0.25, 0.3) is 0 Å². The zero-order chi connectivity index (χ0) is 27.4. The van der Waals surface area contributed by atoms with Crippen molar-refractivity contribution in [1.82, 2.24) is 14.9 Å². The Balaban J connectivity index is 1.28. The zero-order valence-corrected chi connectivity index (χ0v) is 21.6.